The summed E-state index contributed by atoms with van der Waals surface area (Å²) in [4.78, 5) is 24.0. The predicted molar refractivity (Wildman–Crippen MR) is 95.0 cm³/mol. The van der Waals surface area contributed by atoms with Crippen molar-refractivity contribution in [1.29, 1.82) is 0 Å². The van der Waals surface area contributed by atoms with Gasteiger partial charge in [-0.3, -0.25) is 9.59 Å². The standard InChI is InChI=1S/C19H21FN2O4/c1-25-16-9-14(10-17(11-16)26-2)19(24)22-12-18(23)21-8-7-13-3-5-15(20)6-4-13/h3-6,9-11H,7-8,12H2,1-2H3,(H,21,23)(H,22,24). The highest BCUT2D eigenvalue weighted by Gasteiger charge is 2.11. The molecule has 2 aromatic carbocycles. The first-order valence-corrected chi connectivity index (χ1v) is 8.04. The highest BCUT2D eigenvalue weighted by atomic mass is 19.1. The summed E-state index contributed by atoms with van der Waals surface area (Å²) in [5.74, 6) is -0.0441. The SMILES string of the molecule is COc1cc(OC)cc(C(=O)NCC(=O)NCCc2ccc(F)cc2)c1. The maximum absolute atomic E-state index is 12.8. The van der Waals surface area contributed by atoms with Gasteiger partial charge in [-0.05, 0) is 36.2 Å². The van der Waals surface area contributed by atoms with Crippen molar-refractivity contribution in [3.63, 3.8) is 0 Å². The molecule has 0 fully saturated rings. The Labute approximate surface area is 151 Å². The van der Waals surface area contributed by atoms with E-state index in [4.69, 9.17) is 9.47 Å². The summed E-state index contributed by atoms with van der Waals surface area (Å²) >= 11 is 0. The molecule has 0 bridgehead atoms. The highest BCUT2D eigenvalue weighted by Crippen LogP contribution is 2.22. The number of hydrogen-bond acceptors (Lipinski definition) is 4. The van der Waals surface area contributed by atoms with E-state index in [1.165, 1.54) is 26.4 Å². The van der Waals surface area contributed by atoms with E-state index < -0.39 is 5.91 Å². The van der Waals surface area contributed by atoms with Gasteiger partial charge in [-0.25, -0.2) is 4.39 Å². The van der Waals surface area contributed by atoms with Gasteiger partial charge in [-0.1, -0.05) is 12.1 Å². The molecular weight excluding hydrogens is 339 g/mol. The number of halogens is 1. The lowest BCUT2D eigenvalue weighted by Crippen LogP contribution is -2.37. The topological polar surface area (TPSA) is 76.7 Å². The molecule has 0 aromatic heterocycles. The van der Waals surface area contributed by atoms with Crippen LogP contribution >= 0.6 is 0 Å². The van der Waals surface area contributed by atoms with Crippen LogP contribution in [0, 0.1) is 5.82 Å². The van der Waals surface area contributed by atoms with Crippen molar-refractivity contribution in [1.82, 2.24) is 10.6 Å². The minimum atomic E-state index is -0.407. The van der Waals surface area contributed by atoms with Gasteiger partial charge in [0.05, 0.1) is 20.8 Å². The molecule has 0 aliphatic heterocycles. The fraction of sp³-hybridized carbons (Fsp3) is 0.263. The van der Waals surface area contributed by atoms with Gasteiger partial charge in [0.15, 0.2) is 0 Å². The van der Waals surface area contributed by atoms with Crippen LogP contribution in [-0.2, 0) is 11.2 Å². The molecule has 0 spiro atoms. The number of methoxy groups -OCH3 is 2. The van der Waals surface area contributed by atoms with Crippen LogP contribution in [0.3, 0.4) is 0 Å². The van der Waals surface area contributed by atoms with Gasteiger partial charge in [-0.15, -0.1) is 0 Å². The van der Waals surface area contributed by atoms with E-state index in [0.29, 0.717) is 30.0 Å². The molecule has 2 rings (SSSR count). The molecule has 138 valence electrons. The molecule has 0 aliphatic carbocycles. The van der Waals surface area contributed by atoms with Crippen LogP contribution in [0.1, 0.15) is 15.9 Å². The summed E-state index contributed by atoms with van der Waals surface area (Å²) in [6.07, 6.45) is 0.576. The van der Waals surface area contributed by atoms with Crippen molar-refractivity contribution in [2.75, 3.05) is 27.3 Å². The Morgan fingerprint density at radius 3 is 2.15 bits per heavy atom. The van der Waals surface area contributed by atoms with E-state index in [1.807, 2.05) is 0 Å². The number of hydrogen-bond donors (Lipinski definition) is 2. The van der Waals surface area contributed by atoms with Crippen LogP contribution in [-0.4, -0.2) is 39.1 Å². The monoisotopic (exact) mass is 360 g/mol. The van der Waals surface area contributed by atoms with Crippen LogP contribution in [0.2, 0.25) is 0 Å². The number of carbonyl (C=O) groups is 2. The van der Waals surface area contributed by atoms with Gasteiger partial charge in [-0.2, -0.15) is 0 Å². The molecule has 2 N–H and O–H groups in total. The average molecular weight is 360 g/mol. The lowest BCUT2D eigenvalue weighted by molar-refractivity contribution is -0.120. The molecular formula is C19H21FN2O4. The predicted octanol–water partition coefficient (Wildman–Crippen LogP) is 1.93. The normalized spacial score (nSPS) is 10.1. The number of amides is 2. The molecule has 0 radical (unpaired) electrons. The Bertz CT molecular complexity index is 740. The minimum absolute atomic E-state index is 0.151. The van der Waals surface area contributed by atoms with Crippen LogP contribution in [0.5, 0.6) is 11.5 Å². The van der Waals surface area contributed by atoms with Crippen molar-refractivity contribution in [3.8, 4) is 11.5 Å². The quantitative estimate of drug-likeness (QED) is 0.754. The van der Waals surface area contributed by atoms with E-state index in [-0.39, 0.29) is 18.3 Å². The zero-order valence-corrected chi connectivity index (χ0v) is 14.7. The minimum Gasteiger partial charge on any atom is -0.497 e. The van der Waals surface area contributed by atoms with E-state index in [2.05, 4.69) is 10.6 Å². The number of carbonyl (C=O) groups excluding carboxylic acids is 2. The first-order valence-electron chi connectivity index (χ1n) is 8.04. The summed E-state index contributed by atoms with van der Waals surface area (Å²) < 4.78 is 23.0. The molecule has 7 heteroatoms. The van der Waals surface area contributed by atoms with E-state index in [0.717, 1.165) is 5.56 Å². The maximum Gasteiger partial charge on any atom is 0.251 e. The number of ether oxygens (including phenoxy) is 2. The van der Waals surface area contributed by atoms with Crippen molar-refractivity contribution >= 4 is 11.8 Å². The van der Waals surface area contributed by atoms with Gasteiger partial charge >= 0.3 is 0 Å². The second kappa shape index (κ2) is 9.41. The van der Waals surface area contributed by atoms with Gasteiger partial charge in [0.2, 0.25) is 5.91 Å². The van der Waals surface area contributed by atoms with Crippen LogP contribution in [0.25, 0.3) is 0 Å². The van der Waals surface area contributed by atoms with Crippen molar-refractivity contribution in [2.45, 2.75) is 6.42 Å². The van der Waals surface area contributed by atoms with Gasteiger partial charge in [0.1, 0.15) is 17.3 Å². The van der Waals surface area contributed by atoms with Crippen molar-refractivity contribution in [3.05, 3.63) is 59.4 Å². The smallest absolute Gasteiger partial charge is 0.251 e. The maximum atomic E-state index is 12.8. The molecule has 2 aromatic rings. The van der Waals surface area contributed by atoms with Gasteiger partial charge < -0.3 is 20.1 Å². The molecule has 0 saturated heterocycles. The molecule has 2 amide bonds. The highest BCUT2D eigenvalue weighted by molar-refractivity contribution is 5.97. The van der Waals surface area contributed by atoms with Crippen molar-refractivity contribution in [2.24, 2.45) is 0 Å². The Kier molecular flexibility index (Phi) is 6.96. The fourth-order valence-electron chi connectivity index (χ4n) is 2.26. The Hall–Kier alpha value is -3.09. The summed E-state index contributed by atoms with van der Waals surface area (Å²) in [5, 5.41) is 5.25. The zero-order chi connectivity index (χ0) is 18.9. The average Bonchev–Trinajstić information content (AvgIpc) is 2.67. The Morgan fingerprint density at radius 2 is 1.58 bits per heavy atom. The number of nitrogens with one attached hydrogen (secondary N) is 2. The second-order valence-electron chi connectivity index (χ2n) is 5.51. The molecule has 0 heterocycles. The van der Waals surface area contributed by atoms with E-state index in [1.54, 1.807) is 30.3 Å². The molecule has 0 aliphatic rings. The van der Waals surface area contributed by atoms with Gasteiger partial charge in [0.25, 0.3) is 5.91 Å². The first kappa shape index (κ1) is 19.2. The lowest BCUT2D eigenvalue weighted by atomic mass is 10.1. The number of benzene rings is 2. The summed E-state index contributed by atoms with van der Waals surface area (Å²) in [5.41, 5.74) is 1.25. The largest absolute Gasteiger partial charge is 0.497 e. The first-order chi connectivity index (χ1) is 12.5. The Balaban J connectivity index is 1.79. The second-order valence-corrected chi connectivity index (χ2v) is 5.51. The third-order valence-corrected chi connectivity index (χ3v) is 3.67. The lowest BCUT2D eigenvalue weighted by Gasteiger charge is -2.10. The summed E-state index contributed by atoms with van der Waals surface area (Å²) in [6, 6.07) is 10.9. The summed E-state index contributed by atoms with van der Waals surface area (Å²) in [7, 11) is 2.98. The van der Waals surface area contributed by atoms with Crippen LogP contribution in [0.4, 0.5) is 4.39 Å². The molecule has 0 unspecified atom stereocenters. The van der Waals surface area contributed by atoms with E-state index in [9.17, 15) is 14.0 Å². The van der Waals surface area contributed by atoms with Crippen LogP contribution in [0.15, 0.2) is 42.5 Å². The molecule has 6 nitrogen and oxygen atoms in total. The number of rotatable bonds is 8. The van der Waals surface area contributed by atoms with E-state index >= 15 is 0 Å². The molecule has 0 atom stereocenters. The molecule has 26 heavy (non-hydrogen) atoms. The fourth-order valence-corrected chi connectivity index (χ4v) is 2.26. The summed E-state index contributed by atoms with van der Waals surface area (Å²) in [6.45, 7) is 0.245. The zero-order valence-electron chi connectivity index (χ0n) is 14.7. The van der Waals surface area contributed by atoms with Crippen LogP contribution < -0.4 is 20.1 Å². The third kappa shape index (κ3) is 5.77. The Morgan fingerprint density at radius 1 is 0.962 bits per heavy atom. The molecule has 0 saturated carbocycles. The van der Waals surface area contributed by atoms with Gasteiger partial charge in [0, 0.05) is 18.2 Å². The third-order valence-electron chi connectivity index (χ3n) is 3.67. The van der Waals surface area contributed by atoms with Crippen molar-refractivity contribution < 1.29 is 23.5 Å².